The highest BCUT2D eigenvalue weighted by Gasteiger charge is 2.34. The standard InChI is InChI=1S/C33H30I2N2O5S/c1-4-10-26-28(32(39)41-5-2)29(22-13-9-14-23(18-22)40-3)37-31(38)27(43-33(37)36-26)17-21-15-24(34)30(25(35)16-21)42-19-20-11-7-6-8-12-20/h6-9,11-18,29H,4-5,10,19H2,1-3H3/b27-17-. The summed E-state index contributed by atoms with van der Waals surface area (Å²) in [6.07, 6.45) is 3.25. The third kappa shape index (κ3) is 6.91. The Balaban J connectivity index is 1.61. The molecule has 1 aromatic heterocycles. The summed E-state index contributed by atoms with van der Waals surface area (Å²) in [6.45, 7) is 4.50. The number of halogens is 2. The number of hydrogen-bond acceptors (Lipinski definition) is 7. The third-order valence-corrected chi connectivity index (χ3v) is 9.43. The van der Waals surface area contributed by atoms with Crippen LogP contribution in [0.1, 0.15) is 49.4 Å². The molecule has 0 spiro atoms. The first kappa shape index (κ1) is 31.5. The fourth-order valence-electron chi connectivity index (χ4n) is 4.93. The number of fused-ring (bicyclic) bond motifs is 1. The topological polar surface area (TPSA) is 79.1 Å². The van der Waals surface area contributed by atoms with Crippen molar-refractivity contribution in [2.45, 2.75) is 39.3 Å². The fraction of sp³-hybridized carbons (Fsp3) is 0.242. The quantitative estimate of drug-likeness (QED) is 0.137. The number of carbonyl (C=O) groups is 1. The van der Waals surface area contributed by atoms with Crippen LogP contribution in [-0.2, 0) is 16.1 Å². The van der Waals surface area contributed by atoms with Crippen molar-refractivity contribution in [3.63, 3.8) is 0 Å². The lowest BCUT2D eigenvalue weighted by molar-refractivity contribution is -0.139. The van der Waals surface area contributed by atoms with Crippen LogP contribution in [0.15, 0.2) is 87.8 Å². The largest absolute Gasteiger partial charge is 0.497 e. The Kier molecular flexibility index (Phi) is 10.4. The van der Waals surface area contributed by atoms with Crippen LogP contribution in [0.3, 0.4) is 0 Å². The molecule has 222 valence electrons. The summed E-state index contributed by atoms with van der Waals surface area (Å²) in [5.41, 5.74) is 3.54. The van der Waals surface area contributed by atoms with Gasteiger partial charge in [-0.15, -0.1) is 0 Å². The molecule has 1 aliphatic rings. The number of methoxy groups -OCH3 is 1. The smallest absolute Gasteiger partial charge is 0.338 e. The number of esters is 1. The molecule has 5 rings (SSSR count). The van der Waals surface area contributed by atoms with Gasteiger partial charge in [-0.1, -0.05) is 67.1 Å². The first-order valence-electron chi connectivity index (χ1n) is 13.9. The van der Waals surface area contributed by atoms with Crippen molar-refractivity contribution in [2.24, 2.45) is 4.99 Å². The fourth-order valence-corrected chi connectivity index (χ4v) is 8.08. The lowest BCUT2D eigenvalue weighted by atomic mass is 9.94. The van der Waals surface area contributed by atoms with E-state index in [1.54, 1.807) is 18.6 Å². The second-order valence-electron chi connectivity index (χ2n) is 9.78. The number of carbonyl (C=O) groups excluding carboxylic acids is 1. The van der Waals surface area contributed by atoms with Crippen molar-refractivity contribution in [1.82, 2.24) is 4.57 Å². The zero-order chi connectivity index (χ0) is 30.5. The van der Waals surface area contributed by atoms with Gasteiger partial charge in [-0.3, -0.25) is 9.36 Å². The van der Waals surface area contributed by atoms with Gasteiger partial charge in [0, 0.05) is 0 Å². The molecule has 4 aromatic rings. The summed E-state index contributed by atoms with van der Waals surface area (Å²) in [5, 5.41) is 0. The molecular weight excluding hydrogens is 790 g/mol. The first-order valence-corrected chi connectivity index (χ1v) is 16.8. The van der Waals surface area contributed by atoms with Crippen LogP contribution in [0.25, 0.3) is 6.08 Å². The van der Waals surface area contributed by atoms with E-state index in [0.717, 1.165) is 36.0 Å². The minimum Gasteiger partial charge on any atom is -0.497 e. The number of aromatic nitrogens is 1. The van der Waals surface area contributed by atoms with Gasteiger partial charge in [0.2, 0.25) is 0 Å². The molecule has 0 radical (unpaired) electrons. The van der Waals surface area contributed by atoms with Gasteiger partial charge in [0.05, 0.1) is 42.7 Å². The van der Waals surface area contributed by atoms with Crippen molar-refractivity contribution in [3.05, 3.63) is 122 Å². The molecule has 0 fully saturated rings. The number of hydrogen-bond donors (Lipinski definition) is 0. The van der Waals surface area contributed by atoms with E-state index >= 15 is 0 Å². The van der Waals surface area contributed by atoms with Gasteiger partial charge in [-0.05, 0) is 106 Å². The first-order chi connectivity index (χ1) is 20.8. The molecule has 43 heavy (non-hydrogen) atoms. The van der Waals surface area contributed by atoms with Crippen molar-refractivity contribution in [2.75, 3.05) is 13.7 Å². The Morgan fingerprint density at radius 2 is 1.79 bits per heavy atom. The molecule has 0 saturated carbocycles. The minimum atomic E-state index is -0.692. The van der Waals surface area contributed by atoms with Gasteiger partial charge >= 0.3 is 5.97 Å². The lowest BCUT2D eigenvalue weighted by Crippen LogP contribution is -2.40. The molecule has 1 atom stereocenters. The zero-order valence-corrected chi connectivity index (χ0v) is 29.1. The van der Waals surface area contributed by atoms with E-state index in [-0.39, 0.29) is 12.2 Å². The maximum absolute atomic E-state index is 14.1. The van der Waals surface area contributed by atoms with Crippen molar-refractivity contribution < 1.29 is 19.0 Å². The molecule has 1 unspecified atom stereocenters. The van der Waals surface area contributed by atoms with Gasteiger partial charge in [-0.25, -0.2) is 9.79 Å². The van der Waals surface area contributed by atoms with Crippen LogP contribution in [0.4, 0.5) is 0 Å². The molecule has 0 amide bonds. The highest BCUT2D eigenvalue weighted by molar-refractivity contribution is 14.1. The zero-order valence-electron chi connectivity index (χ0n) is 23.9. The normalized spacial score (nSPS) is 14.7. The van der Waals surface area contributed by atoms with Gasteiger partial charge in [-0.2, -0.15) is 0 Å². The summed E-state index contributed by atoms with van der Waals surface area (Å²) < 4.78 is 21.2. The highest BCUT2D eigenvalue weighted by Crippen LogP contribution is 2.34. The third-order valence-electron chi connectivity index (χ3n) is 6.85. The van der Waals surface area contributed by atoms with Crippen LogP contribution >= 0.6 is 56.5 Å². The molecule has 0 N–H and O–H groups in total. The summed E-state index contributed by atoms with van der Waals surface area (Å²) >= 11 is 5.86. The molecule has 10 heteroatoms. The SMILES string of the molecule is CCCC1=C(C(=O)OCC)C(c2cccc(OC)c2)n2c(s/c(=C\c3cc(I)c(OCc4ccccc4)c(I)c3)c2=O)=N1. The van der Waals surface area contributed by atoms with E-state index in [2.05, 4.69) is 45.2 Å². The number of rotatable bonds is 10. The predicted octanol–water partition coefficient (Wildman–Crippen LogP) is 6.38. The van der Waals surface area contributed by atoms with Crippen molar-refractivity contribution >= 4 is 68.6 Å². The molecule has 2 heterocycles. The van der Waals surface area contributed by atoms with E-state index in [4.69, 9.17) is 19.2 Å². The van der Waals surface area contributed by atoms with E-state index in [1.807, 2.05) is 79.7 Å². The maximum Gasteiger partial charge on any atom is 0.338 e. The van der Waals surface area contributed by atoms with Crippen molar-refractivity contribution in [1.29, 1.82) is 0 Å². The monoisotopic (exact) mass is 820 g/mol. The average Bonchev–Trinajstić information content (AvgIpc) is 3.30. The number of allylic oxidation sites excluding steroid dienone is 1. The predicted molar refractivity (Wildman–Crippen MR) is 185 cm³/mol. The molecule has 0 aliphatic carbocycles. The Bertz CT molecular complexity index is 1840. The van der Waals surface area contributed by atoms with Gasteiger partial charge in [0.25, 0.3) is 5.56 Å². The van der Waals surface area contributed by atoms with Crippen LogP contribution < -0.4 is 24.4 Å². The second-order valence-corrected chi connectivity index (χ2v) is 13.1. The highest BCUT2D eigenvalue weighted by atomic mass is 127. The number of ether oxygens (including phenoxy) is 3. The lowest BCUT2D eigenvalue weighted by Gasteiger charge is -2.26. The van der Waals surface area contributed by atoms with E-state index in [9.17, 15) is 9.59 Å². The summed E-state index contributed by atoms with van der Waals surface area (Å²) in [4.78, 5) is 32.9. The van der Waals surface area contributed by atoms with Crippen LogP contribution in [0.2, 0.25) is 0 Å². The van der Waals surface area contributed by atoms with Crippen LogP contribution in [-0.4, -0.2) is 24.3 Å². The van der Waals surface area contributed by atoms with Crippen LogP contribution in [0.5, 0.6) is 11.5 Å². The van der Waals surface area contributed by atoms with Crippen molar-refractivity contribution in [3.8, 4) is 11.5 Å². The van der Waals surface area contributed by atoms with Gasteiger partial charge < -0.3 is 14.2 Å². The van der Waals surface area contributed by atoms with E-state index in [1.165, 1.54) is 11.3 Å². The van der Waals surface area contributed by atoms with Crippen LogP contribution in [0, 0.1) is 7.14 Å². The van der Waals surface area contributed by atoms with E-state index in [0.29, 0.717) is 39.4 Å². The Labute approximate surface area is 281 Å². The molecule has 0 saturated heterocycles. The second kappa shape index (κ2) is 14.2. The maximum atomic E-state index is 14.1. The molecule has 7 nitrogen and oxygen atoms in total. The Hall–Kier alpha value is -2.97. The minimum absolute atomic E-state index is 0.219. The molecule has 1 aliphatic heterocycles. The number of benzene rings is 3. The summed E-state index contributed by atoms with van der Waals surface area (Å²) in [6, 6.07) is 20.8. The molecular formula is C33H30I2N2O5S. The summed E-state index contributed by atoms with van der Waals surface area (Å²) in [5.74, 6) is 0.979. The average molecular weight is 820 g/mol. The Morgan fingerprint density at radius 1 is 1.05 bits per heavy atom. The summed E-state index contributed by atoms with van der Waals surface area (Å²) in [7, 11) is 1.59. The van der Waals surface area contributed by atoms with E-state index < -0.39 is 12.0 Å². The number of thiazole rings is 1. The molecule has 0 bridgehead atoms. The molecule has 3 aromatic carbocycles. The Morgan fingerprint density at radius 3 is 2.47 bits per heavy atom. The number of nitrogens with zero attached hydrogens (tertiary/aromatic N) is 2. The van der Waals surface area contributed by atoms with Gasteiger partial charge in [0.15, 0.2) is 4.80 Å². The van der Waals surface area contributed by atoms with Gasteiger partial charge in [0.1, 0.15) is 18.1 Å².